The molecule has 1 heterocycles. The molecule has 1 aliphatic heterocycles. The Kier molecular flexibility index (Phi) is 2.04. The molecule has 4 heteroatoms. The number of esters is 1. The van der Waals surface area contributed by atoms with Crippen molar-refractivity contribution in [3.8, 4) is 0 Å². The van der Waals surface area contributed by atoms with Gasteiger partial charge in [0.2, 0.25) is 0 Å². The third kappa shape index (κ3) is 1.64. The van der Waals surface area contributed by atoms with Crippen LogP contribution in [0.1, 0.15) is 5.56 Å². The number of carbonyl (C=O) groups excluding carboxylic acids is 1. The quantitative estimate of drug-likeness (QED) is 0.641. The fourth-order valence-corrected chi connectivity index (χ4v) is 1.28. The van der Waals surface area contributed by atoms with Gasteiger partial charge in [-0.3, -0.25) is 0 Å². The summed E-state index contributed by atoms with van der Waals surface area (Å²) < 4.78 is 30.2. The first-order valence-corrected chi connectivity index (χ1v) is 3.99. The van der Waals surface area contributed by atoms with E-state index in [0.717, 1.165) is 18.2 Å². The molecule has 0 aromatic heterocycles. The van der Waals surface area contributed by atoms with Gasteiger partial charge in [-0.15, -0.1) is 0 Å². The molecule has 0 atom stereocenters. The maximum atomic E-state index is 12.8. The standard InChI is InChI=1S/C10H6F2O2/c11-8-1-6(2-9(12)4-8)7-3-10(13)14-5-7/h1-4H,5H2. The lowest BCUT2D eigenvalue weighted by Crippen LogP contribution is -1.92. The van der Waals surface area contributed by atoms with Crippen molar-refractivity contribution in [2.24, 2.45) is 0 Å². The van der Waals surface area contributed by atoms with E-state index in [2.05, 4.69) is 4.74 Å². The molecule has 0 bridgehead atoms. The van der Waals surface area contributed by atoms with Crippen LogP contribution < -0.4 is 0 Å². The van der Waals surface area contributed by atoms with E-state index in [9.17, 15) is 13.6 Å². The highest BCUT2D eigenvalue weighted by Gasteiger charge is 2.15. The molecular weight excluding hydrogens is 190 g/mol. The van der Waals surface area contributed by atoms with Gasteiger partial charge in [0.15, 0.2) is 0 Å². The molecule has 0 fully saturated rings. The minimum atomic E-state index is -0.666. The summed E-state index contributed by atoms with van der Waals surface area (Å²) in [5.74, 6) is -1.81. The van der Waals surface area contributed by atoms with Crippen LogP contribution in [-0.2, 0) is 9.53 Å². The van der Waals surface area contributed by atoms with Gasteiger partial charge in [-0.1, -0.05) is 0 Å². The van der Waals surface area contributed by atoms with Gasteiger partial charge in [-0.2, -0.15) is 0 Å². The van der Waals surface area contributed by atoms with Crippen LogP contribution in [-0.4, -0.2) is 12.6 Å². The fourth-order valence-electron chi connectivity index (χ4n) is 1.28. The van der Waals surface area contributed by atoms with Crippen molar-refractivity contribution in [3.63, 3.8) is 0 Å². The predicted molar refractivity (Wildman–Crippen MR) is 45.3 cm³/mol. The van der Waals surface area contributed by atoms with E-state index in [4.69, 9.17) is 0 Å². The second-order valence-corrected chi connectivity index (χ2v) is 2.94. The molecule has 0 unspecified atom stereocenters. The van der Waals surface area contributed by atoms with Crippen molar-refractivity contribution in [2.45, 2.75) is 0 Å². The predicted octanol–water partition coefficient (Wildman–Crippen LogP) is 1.91. The maximum Gasteiger partial charge on any atom is 0.331 e. The zero-order valence-corrected chi connectivity index (χ0v) is 7.09. The molecule has 0 spiro atoms. The Morgan fingerprint density at radius 1 is 1.14 bits per heavy atom. The van der Waals surface area contributed by atoms with Crippen LogP contribution in [0.15, 0.2) is 24.3 Å². The number of ether oxygens (including phenoxy) is 1. The van der Waals surface area contributed by atoms with Gasteiger partial charge in [0.25, 0.3) is 0 Å². The molecule has 0 N–H and O–H groups in total. The van der Waals surface area contributed by atoms with Crippen molar-refractivity contribution in [3.05, 3.63) is 41.5 Å². The van der Waals surface area contributed by atoms with Crippen molar-refractivity contribution in [1.82, 2.24) is 0 Å². The van der Waals surface area contributed by atoms with Gasteiger partial charge in [0.05, 0.1) is 0 Å². The number of benzene rings is 1. The van der Waals surface area contributed by atoms with Crippen LogP contribution in [0.4, 0.5) is 8.78 Å². The summed E-state index contributed by atoms with van der Waals surface area (Å²) >= 11 is 0. The normalized spacial score (nSPS) is 15.3. The molecule has 72 valence electrons. The smallest absolute Gasteiger partial charge is 0.331 e. The number of hydrogen-bond donors (Lipinski definition) is 0. The average Bonchev–Trinajstić information content (AvgIpc) is 2.50. The number of cyclic esters (lactones) is 1. The highest BCUT2D eigenvalue weighted by Crippen LogP contribution is 2.21. The molecule has 0 saturated heterocycles. The summed E-state index contributed by atoms with van der Waals surface area (Å²) in [6.07, 6.45) is 1.23. The summed E-state index contributed by atoms with van der Waals surface area (Å²) in [5, 5.41) is 0. The molecule has 14 heavy (non-hydrogen) atoms. The summed E-state index contributed by atoms with van der Waals surface area (Å²) in [6, 6.07) is 3.11. The molecule has 0 saturated carbocycles. The number of rotatable bonds is 1. The third-order valence-electron chi connectivity index (χ3n) is 1.90. The molecule has 0 radical (unpaired) electrons. The van der Waals surface area contributed by atoms with Crippen LogP contribution in [0.3, 0.4) is 0 Å². The maximum absolute atomic E-state index is 12.8. The third-order valence-corrected chi connectivity index (χ3v) is 1.90. The van der Waals surface area contributed by atoms with Crippen molar-refractivity contribution in [1.29, 1.82) is 0 Å². The van der Waals surface area contributed by atoms with Crippen LogP contribution in [0.5, 0.6) is 0 Å². The average molecular weight is 196 g/mol. The first kappa shape index (κ1) is 8.87. The number of halogens is 2. The first-order chi connectivity index (χ1) is 6.65. The minimum absolute atomic E-state index is 0.0712. The molecule has 1 aromatic rings. The van der Waals surface area contributed by atoms with Crippen molar-refractivity contribution < 1.29 is 18.3 Å². The monoisotopic (exact) mass is 196 g/mol. The summed E-state index contributed by atoms with van der Waals surface area (Å²) in [7, 11) is 0. The second kappa shape index (κ2) is 3.21. The summed E-state index contributed by atoms with van der Waals surface area (Å²) in [6.45, 7) is 0.0712. The van der Waals surface area contributed by atoms with E-state index in [-0.39, 0.29) is 6.61 Å². The van der Waals surface area contributed by atoms with Gasteiger partial charge < -0.3 is 4.74 Å². The second-order valence-electron chi connectivity index (χ2n) is 2.94. The van der Waals surface area contributed by atoms with Crippen LogP contribution in [0, 0.1) is 11.6 Å². The zero-order valence-electron chi connectivity index (χ0n) is 7.09. The Hall–Kier alpha value is -1.71. The number of hydrogen-bond acceptors (Lipinski definition) is 2. The molecule has 0 amide bonds. The van der Waals surface area contributed by atoms with Crippen molar-refractivity contribution in [2.75, 3.05) is 6.61 Å². The van der Waals surface area contributed by atoms with Crippen LogP contribution in [0.25, 0.3) is 5.57 Å². The topological polar surface area (TPSA) is 26.3 Å². The summed E-state index contributed by atoms with van der Waals surface area (Å²) in [5.41, 5.74) is 0.835. The Bertz CT molecular complexity index is 404. The van der Waals surface area contributed by atoms with E-state index in [1.165, 1.54) is 6.08 Å². The van der Waals surface area contributed by atoms with Crippen LogP contribution in [0.2, 0.25) is 0 Å². The van der Waals surface area contributed by atoms with Gasteiger partial charge in [-0.05, 0) is 17.7 Å². The Labute approximate surface area is 78.8 Å². The van der Waals surface area contributed by atoms with E-state index in [0.29, 0.717) is 11.1 Å². The first-order valence-electron chi connectivity index (χ1n) is 3.99. The Morgan fingerprint density at radius 3 is 2.29 bits per heavy atom. The lowest BCUT2D eigenvalue weighted by Gasteiger charge is -2.00. The van der Waals surface area contributed by atoms with Gasteiger partial charge in [0.1, 0.15) is 18.2 Å². The van der Waals surface area contributed by atoms with Gasteiger partial charge in [0, 0.05) is 17.7 Å². The molecule has 0 aliphatic carbocycles. The van der Waals surface area contributed by atoms with E-state index >= 15 is 0 Å². The van der Waals surface area contributed by atoms with E-state index < -0.39 is 17.6 Å². The van der Waals surface area contributed by atoms with Crippen molar-refractivity contribution >= 4 is 11.5 Å². The summed E-state index contributed by atoms with van der Waals surface area (Å²) in [4.78, 5) is 10.7. The SMILES string of the molecule is O=C1C=C(c2cc(F)cc(F)c2)CO1. The van der Waals surface area contributed by atoms with Gasteiger partial charge in [-0.25, -0.2) is 13.6 Å². The highest BCUT2D eigenvalue weighted by molar-refractivity contribution is 5.95. The van der Waals surface area contributed by atoms with Crippen LogP contribution >= 0.6 is 0 Å². The minimum Gasteiger partial charge on any atom is -0.458 e. The molecular formula is C10H6F2O2. The van der Waals surface area contributed by atoms with E-state index in [1.54, 1.807) is 0 Å². The van der Waals surface area contributed by atoms with Gasteiger partial charge >= 0.3 is 5.97 Å². The molecule has 2 nitrogen and oxygen atoms in total. The molecule has 2 rings (SSSR count). The van der Waals surface area contributed by atoms with E-state index in [1.807, 2.05) is 0 Å². The lowest BCUT2D eigenvalue weighted by molar-refractivity contribution is -0.134. The fraction of sp³-hybridized carbons (Fsp3) is 0.100. The molecule has 1 aliphatic rings. The zero-order chi connectivity index (χ0) is 10.1. The molecule has 1 aromatic carbocycles. The Balaban J connectivity index is 2.42. The lowest BCUT2D eigenvalue weighted by atomic mass is 10.1. The largest absolute Gasteiger partial charge is 0.458 e. The highest BCUT2D eigenvalue weighted by atomic mass is 19.1. The Morgan fingerprint density at radius 2 is 1.79 bits per heavy atom. The number of carbonyl (C=O) groups is 1.